The van der Waals surface area contributed by atoms with Crippen molar-refractivity contribution >= 4 is 72.4 Å². The second-order valence-corrected chi connectivity index (χ2v) is 21.8. The summed E-state index contributed by atoms with van der Waals surface area (Å²) in [6.07, 6.45) is 0. The monoisotopic (exact) mass is 894 g/mol. The summed E-state index contributed by atoms with van der Waals surface area (Å²) < 4.78 is 4.95. The fraction of sp³-hybridized carbons (Fsp3) is 0. The molecule has 0 aliphatic carbocycles. The van der Waals surface area contributed by atoms with E-state index in [9.17, 15) is 0 Å². The number of aromatic nitrogens is 2. The molecular formula is C66H46N2Si. The first-order chi connectivity index (χ1) is 34.2. The number of nitrogens with zero attached hydrogens (tertiary/aromatic N) is 2. The first-order valence-corrected chi connectivity index (χ1v) is 25.8. The lowest BCUT2D eigenvalue weighted by molar-refractivity contribution is 1.18. The lowest BCUT2D eigenvalue weighted by Crippen LogP contribution is -2.74. The van der Waals surface area contributed by atoms with Crippen LogP contribution in [-0.2, 0) is 0 Å². The first-order valence-electron chi connectivity index (χ1n) is 23.8. The minimum Gasteiger partial charge on any atom is -0.309 e. The molecule has 0 saturated carbocycles. The van der Waals surface area contributed by atoms with Crippen molar-refractivity contribution in [2.45, 2.75) is 0 Å². The zero-order chi connectivity index (χ0) is 45.7. The molecule has 13 aromatic rings. The third-order valence-electron chi connectivity index (χ3n) is 14.2. The van der Waals surface area contributed by atoms with Gasteiger partial charge in [-0.05, 0) is 103 Å². The van der Waals surface area contributed by atoms with Gasteiger partial charge in [-0.3, -0.25) is 0 Å². The molecule has 324 valence electrons. The Morgan fingerprint density at radius 1 is 0.232 bits per heavy atom. The Labute approximate surface area is 403 Å². The number of fused-ring (bicyclic) bond motifs is 6. The van der Waals surface area contributed by atoms with Gasteiger partial charge in [-0.25, -0.2) is 0 Å². The summed E-state index contributed by atoms with van der Waals surface area (Å²) in [5.74, 6) is 0. The van der Waals surface area contributed by atoms with Crippen molar-refractivity contribution in [1.82, 2.24) is 9.13 Å². The van der Waals surface area contributed by atoms with Crippen molar-refractivity contribution < 1.29 is 0 Å². The average molecular weight is 895 g/mol. The maximum Gasteiger partial charge on any atom is 0.179 e. The van der Waals surface area contributed by atoms with Crippen LogP contribution in [0.2, 0.25) is 0 Å². The predicted octanol–water partition coefficient (Wildman–Crippen LogP) is 14.3. The summed E-state index contributed by atoms with van der Waals surface area (Å²) in [6.45, 7) is 0. The van der Waals surface area contributed by atoms with E-state index in [0.717, 1.165) is 11.4 Å². The van der Waals surface area contributed by atoms with Crippen LogP contribution in [0.4, 0.5) is 0 Å². The quantitative estimate of drug-likeness (QED) is 0.101. The highest BCUT2D eigenvalue weighted by Gasteiger charge is 2.42. The summed E-state index contributed by atoms with van der Waals surface area (Å²) in [5.41, 5.74) is 14.3. The van der Waals surface area contributed by atoms with Crippen molar-refractivity contribution in [2.24, 2.45) is 0 Å². The van der Waals surface area contributed by atoms with E-state index in [1.165, 1.54) is 97.7 Å². The summed E-state index contributed by atoms with van der Waals surface area (Å²) in [6, 6.07) is 103. The minimum atomic E-state index is -2.94. The molecule has 0 saturated heterocycles. The molecule has 0 fully saturated rings. The van der Waals surface area contributed by atoms with Gasteiger partial charge in [0.15, 0.2) is 8.07 Å². The van der Waals surface area contributed by atoms with Crippen LogP contribution in [0, 0.1) is 0 Å². The Morgan fingerprint density at radius 3 is 1.32 bits per heavy atom. The van der Waals surface area contributed by atoms with Crippen LogP contribution in [0.25, 0.3) is 88.4 Å². The van der Waals surface area contributed by atoms with Gasteiger partial charge in [0.25, 0.3) is 0 Å². The molecule has 0 radical (unpaired) electrons. The molecular weight excluding hydrogens is 849 g/mol. The molecule has 0 amide bonds. The van der Waals surface area contributed by atoms with Crippen molar-refractivity contribution in [2.75, 3.05) is 0 Å². The van der Waals surface area contributed by atoms with Gasteiger partial charge in [0.2, 0.25) is 0 Å². The van der Waals surface area contributed by atoms with Gasteiger partial charge in [-0.15, -0.1) is 0 Å². The molecule has 0 spiro atoms. The Balaban J connectivity index is 1.07. The Morgan fingerprint density at radius 2 is 0.667 bits per heavy atom. The van der Waals surface area contributed by atoms with Gasteiger partial charge in [0, 0.05) is 38.5 Å². The van der Waals surface area contributed by atoms with Crippen LogP contribution in [0.3, 0.4) is 0 Å². The topological polar surface area (TPSA) is 9.86 Å². The van der Waals surface area contributed by atoms with E-state index < -0.39 is 8.07 Å². The van der Waals surface area contributed by atoms with Crippen LogP contribution < -0.4 is 20.7 Å². The number of rotatable bonds is 9. The van der Waals surface area contributed by atoms with E-state index in [0.29, 0.717) is 0 Å². The highest BCUT2D eigenvalue weighted by Crippen LogP contribution is 2.41. The smallest absolute Gasteiger partial charge is 0.179 e. The third-order valence-corrected chi connectivity index (χ3v) is 19.0. The highest BCUT2D eigenvalue weighted by molar-refractivity contribution is 7.20. The van der Waals surface area contributed by atoms with Crippen molar-refractivity contribution in [3.63, 3.8) is 0 Å². The van der Waals surface area contributed by atoms with Gasteiger partial charge in [-0.1, -0.05) is 224 Å². The Bertz CT molecular complexity index is 3950. The Kier molecular flexibility index (Phi) is 9.88. The van der Waals surface area contributed by atoms with Gasteiger partial charge in [-0.2, -0.15) is 0 Å². The lowest BCUT2D eigenvalue weighted by atomic mass is 9.98. The fourth-order valence-corrected chi connectivity index (χ4v) is 16.0. The molecule has 11 aromatic carbocycles. The van der Waals surface area contributed by atoms with E-state index in [2.05, 4.69) is 288 Å². The molecule has 0 aliphatic rings. The van der Waals surface area contributed by atoms with Crippen LogP contribution in [0.15, 0.2) is 279 Å². The molecule has 2 heterocycles. The van der Waals surface area contributed by atoms with E-state index in [4.69, 9.17) is 0 Å². The van der Waals surface area contributed by atoms with E-state index in [1.54, 1.807) is 0 Å². The van der Waals surface area contributed by atoms with E-state index >= 15 is 0 Å². The van der Waals surface area contributed by atoms with Crippen LogP contribution in [0.5, 0.6) is 0 Å². The lowest BCUT2D eigenvalue weighted by Gasteiger charge is -2.35. The van der Waals surface area contributed by atoms with Crippen molar-refractivity contribution in [1.29, 1.82) is 0 Å². The fourth-order valence-electron chi connectivity index (χ4n) is 11.2. The third kappa shape index (κ3) is 6.70. The zero-order valence-electron chi connectivity index (χ0n) is 38.0. The SMILES string of the molecule is c1ccc(-c2cccc([Si](c3ccccc3)(c3ccccc3)c3cccc(-n4c5ccc(-c6ccccc6)cc5c5cc(-c6cccc7c8ccccc8n(-c8ccccc8)c67)ccc54)c3)c2)cc1. The van der Waals surface area contributed by atoms with Crippen LogP contribution in [-0.4, -0.2) is 17.2 Å². The average Bonchev–Trinajstić information content (AvgIpc) is 3.95. The molecule has 2 nitrogen and oxygen atoms in total. The van der Waals surface area contributed by atoms with Gasteiger partial charge in [0.05, 0.1) is 22.1 Å². The molecule has 69 heavy (non-hydrogen) atoms. The first kappa shape index (κ1) is 40.5. The summed E-state index contributed by atoms with van der Waals surface area (Å²) in [4.78, 5) is 0. The second-order valence-electron chi connectivity index (χ2n) is 18.0. The number of para-hydroxylation sites is 3. The molecule has 0 bridgehead atoms. The summed E-state index contributed by atoms with van der Waals surface area (Å²) >= 11 is 0. The van der Waals surface area contributed by atoms with Gasteiger partial charge in [0.1, 0.15) is 0 Å². The number of hydrogen-bond acceptors (Lipinski definition) is 0. The molecule has 13 rings (SSSR count). The number of benzene rings is 11. The molecule has 0 atom stereocenters. The summed E-state index contributed by atoms with van der Waals surface area (Å²) in [7, 11) is -2.94. The maximum atomic E-state index is 2.50. The molecule has 0 aliphatic heterocycles. The molecule has 0 unspecified atom stereocenters. The molecule has 3 heteroatoms. The minimum absolute atomic E-state index is 1.14. The van der Waals surface area contributed by atoms with Crippen LogP contribution in [0.1, 0.15) is 0 Å². The largest absolute Gasteiger partial charge is 0.309 e. The van der Waals surface area contributed by atoms with Crippen molar-refractivity contribution in [3.8, 4) is 44.8 Å². The standard InChI is InChI=1S/C66H46N2Si/c1-6-21-47(22-7-1)49-25-18-33-56(43-49)69(54-29-12-4-13-30-54,55-31-14-5-15-32-55)57-34-19-28-53(46-57)67-64-41-39-50(48-23-8-2-9-24-48)44-61(64)62-45-51(40-42-65(62)67)58-36-20-37-60-59-35-16-17-38-63(59)68(66(58)60)52-26-10-3-11-27-52/h1-46H. The van der Waals surface area contributed by atoms with Crippen molar-refractivity contribution in [3.05, 3.63) is 279 Å². The van der Waals surface area contributed by atoms with Gasteiger partial charge < -0.3 is 9.13 Å². The predicted molar refractivity (Wildman–Crippen MR) is 295 cm³/mol. The van der Waals surface area contributed by atoms with Crippen LogP contribution >= 0.6 is 0 Å². The highest BCUT2D eigenvalue weighted by atomic mass is 28.3. The van der Waals surface area contributed by atoms with Gasteiger partial charge >= 0.3 is 0 Å². The number of hydrogen-bond donors (Lipinski definition) is 0. The van der Waals surface area contributed by atoms with E-state index in [-0.39, 0.29) is 0 Å². The molecule has 0 N–H and O–H groups in total. The van der Waals surface area contributed by atoms with E-state index in [1.807, 2.05) is 0 Å². The second kappa shape index (κ2) is 16.8. The maximum absolute atomic E-state index is 2.94. The Hall–Kier alpha value is -8.76. The zero-order valence-corrected chi connectivity index (χ0v) is 39.0. The summed E-state index contributed by atoms with van der Waals surface area (Å²) in [5, 5.41) is 10.3. The normalized spacial score (nSPS) is 11.8. The molecule has 2 aromatic heterocycles.